The summed E-state index contributed by atoms with van der Waals surface area (Å²) >= 11 is 3.95. The number of benzene rings is 1. The summed E-state index contributed by atoms with van der Waals surface area (Å²) in [6.45, 7) is 9.97. The number of carboxylic acid groups (broad SMARTS) is 4. The smallest absolute Gasteiger partial charge is 0.326 e. The Morgan fingerprint density at radius 2 is 0.698 bits per heavy atom. The summed E-state index contributed by atoms with van der Waals surface area (Å²) in [5.74, 6) is -22.4. The van der Waals surface area contributed by atoms with Crippen molar-refractivity contribution < 1.29 is 107 Å². The Kier molecular flexibility index (Phi) is 37.4. The SMILES string of the molecule is CC[C@H](C)[C@H](NC(=O)[C@H](CC(C)C)NC(=O)[C@H](Cc1ccc(O)cc1)NC(=O)[C@H](CCC(N)=O)NC(=O)[C@H](CC(N)=O)NC(=O)[C@H](CCC(=O)O)NC(=O)[C@H](CCC(=O)O)NC(=O)[C@H](CCC(N)=O)NC(=O)[C@H](CC(C)C)NC(=O)[C@H](CCC(=O)O)NC(=O)[C@@H](N)CS)C(=O)O. The third-order valence-electron chi connectivity index (χ3n) is 14.5. The summed E-state index contributed by atoms with van der Waals surface area (Å²) in [5, 5.41) is 71.8. The van der Waals surface area contributed by atoms with Crippen LogP contribution in [-0.2, 0) is 87.9 Å². The van der Waals surface area contributed by atoms with Gasteiger partial charge >= 0.3 is 23.9 Å². The van der Waals surface area contributed by atoms with Crippen LogP contribution in [-0.4, -0.2) is 198 Å². The van der Waals surface area contributed by atoms with E-state index in [1.807, 2.05) is 0 Å². The Bertz CT molecular complexity index is 2940. The van der Waals surface area contributed by atoms with Crippen molar-refractivity contribution >= 4 is 113 Å². The van der Waals surface area contributed by atoms with E-state index in [1.165, 1.54) is 24.3 Å². The topological polar surface area (TPSA) is 616 Å². The number of aromatic hydroxyl groups is 1. The average molecular weight is 1380 g/mol. The predicted octanol–water partition coefficient (Wildman–Crippen LogP) is -4.74. The molecule has 1 rings (SSSR count). The summed E-state index contributed by atoms with van der Waals surface area (Å²) < 4.78 is 0. The molecule has 536 valence electrons. The molecule has 12 atom stereocenters. The second-order valence-electron chi connectivity index (χ2n) is 23.7. The zero-order valence-electron chi connectivity index (χ0n) is 54.1. The van der Waals surface area contributed by atoms with Gasteiger partial charge in [0.1, 0.15) is 66.2 Å². The van der Waals surface area contributed by atoms with Gasteiger partial charge < -0.3 is 102 Å². The fourth-order valence-electron chi connectivity index (χ4n) is 9.09. The number of aliphatic carboxylic acids is 4. The van der Waals surface area contributed by atoms with Gasteiger partial charge in [-0.25, -0.2) is 4.79 Å². The number of carbonyl (C=O) groups excluding carboxylic acids is 13. The van der Waals surface area contributed by atoms with Crippen LogP contribution < -0.4 is 76.1 Å². The fraction of sp³-hybridized carbons (Fsp3) is 0.610. The second-order valence-corrected chi connectivity index (χ2v) is 24.0. The van der Waals surface area contributed by atoms with Gasteiger partial charge in [0.25, 0.3) is 0 Å². The van der Waals surface area contributed by atoms with Gasteiger partial charge in [0, 0.05) is 44.3 Å². The maximum absolute atomic E-state index is 14.4. The Hall–Kier alpha value is -9.68. The largest absolute Gasteiger partial charge is 0.508 e. The van der Waals surface area contributed by atoms with Gasteiger partial charge in [0.2, 0.25) is 76.8 Å². The Morgan fingerprint density at radius 1 is 0.406 bits per heavy atom. The number of hydrogen-bond donors (Lipinski definition) is 20. The number of carboxylic acids is 4. The highest BCUT2D eigenvalue weighted by Crippen LogP contribution is 2.16. The molecular formula is C59H92N14O22S. The number of primary amides is 3. The number of nitrogens with two attached hydrogens (primary N) is 4. The van der Waals surface area contributed by atoms with Crippen molar-refractivity contribution in [3.63, 3.8) is 0 Å². The highest BCUT2D eigenvalue weighted by Gasteiger charge is 2.38. The Labute approximate surface area is 558 Å². The average Bonchev–Trinajstić information content (AvgIpc) is 0.885. The standard InChI is InChI=1S/C59H92N14O22S/c1-7-29(6)48(59(94)95)73-58(93)39(23-28(4)5)70-56(91)40(24-30-8-10-31(74)11-9-30)71-52(87)34(13-18-43(62)76)68-57(92)41(25-44(63)77)72-54(89)37(16-21-47(82)83)66-51(86)36(15-20-46(80)81)65-50(85)33(12-17-42(61)75)67-55(90)38(22-27(2)3)69-53(88)35(14-19-45(78)79)64-49(84)32(60)26-96/h8-11,27-29,32-41,48,74,96H,7,12-26,60H2,1-6H3,(H2,61,75)(H2,62,76)(H2,63,77)(H,64,84)(H,65,85)(H,66,86)(H,67,90)(H,68,92)(H,69,88)(H,70,91)(H,71,87)(H,72,89)(H,73,93)(H,78,79)(H,80,81)(H,82,83)(H,94,95)/t29-,32-,33-,34-,35-,36-,37-,38-,39-,40-,41-,48-/m0/s1. The number of thiol groups is 1. The van der Waals surface area contributed by atoms with Crippen molar-refractivity contribution in [2.75, 3.05) is 5.75 Å². The number of phenolic OH excluding ortho intramolecular Hbond substituents is 1. The van der Waals surface area contributed by atoms with Crippen LogP contribution >= 0.6 is 12.6 Å². The lowest BCUT2D eigenvalue weighted by Gasteiger charge is -2.29. The molecule has 0 fully saturated rings. The summed E-state index contributed by atoms with van der Waals surface area (Å²) in [5.41, 5.74) is 22.3. The number of phenols is 1. The molecule has 0 aromatic heterocycles. The number of carbonyl (C=O) groups is 17. The first kappa shape index (κ1) is 84.3. The molecule has 23 N–H and O–H groups in total. The van der Waals surface area contributed by atoms with Crippen molar-refractivity contribution in [2.24, 2.45) is 40.7 Å². The molecule has 0 unspecified atom stereocenters. The van der Waals surface area contributed by atoms with Crippen LogP contribution in [0, 0.1) is 17.8 Å². The van der Waals surface area contributed by atoms with Gasteiger partial charge in [-0.1, -0.05) is 60.1 Å². The first-order valence-corrected chi connectivity index (χ1v) is 31.3. The van der Waals surface area contributed by atoms with Crippen LogP contribution in [0.2, 0.25) is 0 Å². The van der Waals surface area contributed by atoms with Crippen LogP contribution in [0.1, 0.15) is 137 Å². The molecule has 1 aromatic carbocycles. The summed E-state index contributed by atoms with van der Waals surface area (Å²) in [6.07, 6.45) is -8.33. The summed E-state index contributed by atoms with van der Waals surface area (Å²) in [6, 6.07) is -13.4. The van der Waals surface area contributed by atoms with Crippen molar-refractivity contribution in [3.8, 4) is 5.75 Å². The highest BCUT2D eigenvalue weighted by atomic mass is 32.1. The quantitative estimate of drug-likeness (QED) is 0.0273. The van der Waals surface area contributed by atoms with Crippen LogP contribution in [0.15, 0.2) is 24.3 Å². The molecular weight excluding hydrogens is 1290 g/mol. The molecule has 37 heteroatoms. The van der Waals surface area contributed by atoms with Gasteiger partial charge in [-0.2, -0.15) is 12.6 Å². The lowest BCUT2D eigenvalue weighted by atomic mass is 9.97. The third-order valence-corrected chi connectivity index (χ3v) is 14.9. The summed E-state index contributed by atoms with van der Waals surface area (Å²) in [7, 11) is 0. The predicted molar refractivity (Wildman–Crippen MR) is 340 cm³/mol. The van der Waals surface area contributed by atoms with E-state index in [-0.39, 0.29) is 36.7 Å². The Balaban J connectivity index is 3.80. The van der Waals surface area contributed by atoms with Crippen molar-refractivity contribution in [2.45, 2.75) is 204 Å². The van der Waals surface area contributed by atoms with E-state index in [0.717, 1.165) is 0 Å². The maximum atomic E-state index is 14.4. The normalized spacial score (nSPS) is 14.8. The van der Waals surface area contributed by atoms with E-state index in [1.54, 1.807) is 41.5 Å². The second kappa shape index (κ2) is 42.6. The molecule has 0 saturated carbocycles. The molecule has 0 aliphatic heterocycles. The molecule has 1 aromatic rings. The first-order chi connectivity index (χ1) is 44.8. The van der Waals surface area contributed by atoms with E-state index >= 15 is 0 Å². The van der Waals surface area contributed by atoms with E-state index in [9.17, 15) is 107 Å². The number of hydrogen-bond acceptors (Lipinski definition) is 20. The number of amides is 13. The zero-order chi connectivity index (χ0) is 73.3. The Morgan fingerprint density at radius 3 is 1.01 bits per heavy atom. The van der Waals surface area contributed by atoms with Crippen LogP contribution in [0.3, 0.4) is 0 Å². The lowest BCUT2D eigenvalue weighted by Crippen LogP contribution is -2.61. The molecule has 96 heavy (non-hydrogen) atoms. The van der Waals surface area contributed by atoms with E-state index in [0.29, 0.717) is 12.0 Å². The van der Waals surface area contributed by atoms with Gasteiger partial charge in [0.15, 0.2) is 0 Å². The van der Waals surface area contributed by atoms with Gasteiger partial charge in [-0.15, -0.1) is 0 Å². The molecule has 0 aliphatic rings. The molecule has 0 heterocycles. The monoisotopic (exact) mass is 1380 g/mol. The molecule has 0 spiro atoms. The molecule has 0 saturated heterocycles. The molecule has 0 aliphatic carbocycles. The van der Waals surface area contributed by atoms with Gasteiger partial charge in [0.05, 0.1) is 12.5 Å². The van der Waals surface area contributed by atoms with E-state index in [2.05, 4.69) is 65.8 Å². The van der Waals surface area contributed by atoms with E-state index < -0.39 is 250 Å². The van der Waals surface area contributed by atoms with Crippen LogP contribution in [0.5, 0.6) is 5.75 Å². The van der Waals surface area contributed by atoms with E-state index in [4.69, 9.17) is 22.9 Å². The minimum atomic E-state index is -2.12. The van der Waals surface area contributed by atoms with Gasteiger partial charge in [-0.05, 0) is 80.4 Å². The van der Waals surface area contributed by atoms with Crippen LogP contribution in [0.4, 0.5) is 0 Å². The maximum Gasteiger partial charge on any atom is 0.326 e. The fourth-order valence-corrected chi connectivity index (χ4v) is 9.26. The minimum absolute atomic E-state index is 0.0363. The number of nitrogens with one attached hydrogen (secondary N) is 10. The minimum Gasteiger partial charge on any atom is -0.508 e. The highest BCUT2D eigenvalue weighted by molar-refractivity contribution is 7.80. The zero-order valence-corrected chi connectivity index (χ0v) is 55.0. The third kappa shape index (κ3) is 32.9. The molecule has 0 radical (unpaired) electrons. The van der Waals surface area contributed by atoms with Crippen molar-refractivity contribution in [3.05, 3.63) is 29.8 Å². The molecule has 0 bridgehead atoms. The van der Waals surface area contributed by atoms with Crippen molar-refractivity contribution in [1.82, 2.24) is 53.2 Å². The first-order valence-electron chi connectivity index (χ1n) is 30.7. The van der Waals surface area contributed by atoms with Gasteiger partial charge in [-0.3, -0.25) is 76.7 Å². The summed E-state index contributed by atoms with van der Waals surface area (Å²) in [4.78, 5) is 224. The van der Waals surface area contributed by atoms with Crippen LogP contribution in [0.25, 0.3) is 0 Å². The lowest BCUT2D eigenvalue weighted by molar-refractivity contribution is -0.144. The molecule has 13 amide bonds. The molecule has 36 nitrogen and oxygen atoms in total. The number of rotatable bonds is 47. The van der Waals surface area contributed by atoms with Crippen molar-refractivity contribution in [1.29, 1.82) is 0 Å².